The van der Waals surface area contributed by atoms with Crippen molar-refractivity contribution in [3.05, 3.63) is 6.33 Å². The minimum Gasteiger partial charge on any atom is -0.448 e. The van der Waals surface area contributed by atoms with Crippen molar-refractivity contribution in [3.8, 4) is 11.6 Å². The lowest BCUT2D eigenvalue weighted by Crippen LogP contribution is -1.95. The number of fused-ring (bicyclic) bond motifs is 1. The topological polar surface area (TPSA) is 70.3 Å². The van der Waals surface area contributed by atoms with Crippen molar-refractivity contribution in [2.75, 3.05) is 12.5 Å². The van der Waals surface area contributed by atoms with E-state index in [2.05, 4.69) is 9.97 Å². The molecular weight excluding hydrogens is 134 g/mol. The van der Waals surface area contributed by atoms with Gasteiger partial charge < -0.3 is 15.2 Å². The molecule has 5 heteroatoms. The maximum absolute atomic E-state index is 5.42. The zero-order valence-corrected chi connectivity index (χ0v) is 5.07. The first kappa shape index (κ1) is 5.28. The van der Waals surface area contributed by atoms with Gasteiger partial charge in [-0.15, -0.1) is 0 Å². The third kappa shape index (κ3) is 0.570. The lowest BCUT2D eigenvalue weighted by molar-refractivity contribution is 0.171. The molecule has 2 N–H and O–H groups in total. The number of hydrogen-bond acceptors (Lipinski definition) is 5. The molecule has 0 atom stereocenters. The van der Waals surface area contributed by atoms with Gasteiger partial charge in [0.15, 0.2) is 5.82 Å². The maximum Gasteiger partial charge on any atom is 0.265 e. The smallest absolute Gasteiger partial charge is 0.265 e. The Kier molecular flexibility index (Phi) is 0.913. The number of aromatic nitrogens is 2. The van der Waals surface area contributed by atoms with Gasteiger partial charge in [-0.2, -0.15) is 4.98 Å². The maximum atomic E-state index is 5.42. The summed E-state index contributed by atoms with van der Waals surface area (Å²) in [4.78, 5) is 7.49. The lowest BCUT2D eigenvalue weighted by Gasteiger charge is -1.94. The molecule has 1 aliphatic heterocycles. The summed E-state index contributed by atoms with van der Waals surface area (Å²) in [6.45, 7) is 0.179. The molecule has 1 aromatic rings. The standard InChI is InChI=1S/C5H5N3O2/c6-4-3-5(8-1-7-4)10-2-9-3/h1H,2H2,(H2,6,7,8). The summed E-state index contributed by atoms with van der Waals surface area (Å²) >= 11 is 0. The van der Waals surface area contributed by atoms with Crippen molar-refractivity contribution >= 4 is 5.82 Å². The summed E-state index contributed by atoms with van der Waals surface area (Å²) < 4.78 is 9.88. The molecule has 2 rings (SSSR count). The van der Waals surface area contributed by atoms with E-state index in [1.165, 1.54) is 6.33 Å². The van der Waals surface area contributed by atoms with Gasteiger partial charge in [0.1, 0.15) is 6.33 Å². The van der Waals surface area contributed by atoms with E-state index in [1.807, 2.05) is 0 Å². The fourth-order valence-corrected chi connectivity index (χ4v) is 0.753. The highest BCUT2D eigenvalue weighted by Gasteiger charge is 2.17. The average Bonchev–Trinajstić information content (AvgIpc) is 2.36. The number of ether oxygens (including phenoxy) is 2. The zero-order valence-electron chi connectivity index (χ0n) is 5.07. The summed E-state index contributed by atoms with van der Waals surface area (Å²) in [5.41, 5.74) is 5.42. The first-order valence-electron chi connectivity index (χ1n) is 2.74. The second-order valence-electron chi connectivity index (χ2n) is 1.80. The van der Waals surface area contributed by atoms with Crippen LogP contribution in [0.4, 0.5) is 5.82 Å². The highest BCUT2D eigenvalue weighted by atomic mass is 16.7. The third-order valence-corrected chi connectivity index (χ3v) is 1.20. The monoisotopic (exact) mass is 139 g/mol. The van der Waals surface area contributed by atoms with Crippen LogP contribution in [0.25, 0.3) is 0 Å². The molecule has 0 saturated heterocycles. The van der Waals surface area contributed by atoms with Crippen molar-refractivity contribution in [2.24, 2.45) is 0 Å². The molecule has 0 unspecified atom stereocenters. The van der Waals surface area contributed by atoms with Crippen LogP contribution < -0.4 is 15.2 Å². The highest BCUT2D eigenvalue weighted by molar-refractivity contribution is 5.52. The van der Waals surface area contributed by atoms with Crippen LogP contribution in [0.3, 0.4) is 0 Å². The number of nitrogen functional groups attached to an aromatic ring is 1. The fraction of sp³-hybridized carbons (Fsp3) is 0.200. The minimum absolute atomic E-state index is 0.179. The summed E-state index contributed by atoms with van der Waals surface area (Å²) in [6.07, 6.45) is 1.34. The molecule has 0 saturated carbocycles. The molecule has 5 nitrogen and oxygen atoms in total. The van der Waals surface area contributed by atoms with E-state index >= 15 is 0 Å². The van der Waals surface area contributed by atoms with E-state index in [-0.39, 0.29) is 6.79 Å². The summed E-state index contributed by atoms with van der Waals surface area (Å²) in [7, 11) is 0. The molecule has 2 heterocycles. The Hall–Kier alpha value is -1.52. The molecule has 1 aromatic heterocycles. The van der Waals surface area contributed by atoms with Crippen molar-refractivity contribution in [1.82, 2.24) is 9.97 Å². The van der Waals surface area contributed by atoms with Crippen LogP contribution in [-0.2, 0) is 0 Å². The molecule has 0 bridgehead atoms. The third-order valence-electron chi connectivity index (χ3n) is 1.20. The molecule has 0 radical (unpaired) electrons. The number of anilines is 1. The number of nitrogens with zero attached hydrogens (tertiary/aromatic N) is 2. The molecule has 0 spiro atoms. The van der Waals surface area contributed by atoms with Gasteiger partial charge in [0.2, 0.25) is 12.5 Å². The number of nitrogens with two attached hydrogens (primary N) is 1. The first-order valence-corrected chi connectivity index (χ1v) is 2.74. The van der Waals surface area contributed by atoms with E-state index in [0.717, 1.165) is 0 Å². The molecule has 0 aliphatic carbocycles. The van der Waals surface area contributed by atoms with E-state index in [9.17, 15) is 0 Å². The second-order valence-corrected chi connectivity index (χ2v) is 1.80. The Morgan fingerprint density at radius 1 is 1.40 bits per heavy atom. The van der Waals surface area contributed by atoms with Crippen LogP contribution >= 0.6 is 0 Å². The normalized spacial score (nSPS) is 13.6. The van der Waals surface area contributed by atoms with E-state index in [0.29, 0.717) is 17.4 Å². The van der Waals surface area contributed by atoms with Crippen molar-refractivity contribution in [2.45, 2.75) is 0 Å². The van der Waals surface area contributed by atoms with Gasteiger partial charge in [0.25, 0.3) is 5.88 Å². The molecular formula is C5H5N3O2. The molecule has 10 heavy (non-hydrogen) atoms. The van der Waals surface area contributed by atoms with E-state index in [4.69, 9.17) is 15.2 Å². The Morgan fingerprint density at radius 3 is 3.10 bits per heavy atom. The van der Waals surface area contributed by atoms with Crippen LogP contribution in [0.15, 0.2) is 6.33 Å². The lowest BCUT2D eigenvalue weighted by atomic mass is 10.5. The predicted octanol–water partition coefficient (Wildman–Crippen LogP) is -0.213. The van der Waals surface area contributed by atoms with Gasteiger partial charge in [-0.1, -0.05) is 0 Å². The van der Waals surface area contributed by atoms with Crippen molar-refractivity contribution < 1.29 is 9.47 Å². The number of hydrogen-bond donors (Lipinski definition) is 1. The fourth-order valence-electron chi connectivity index (χ4n) is 0.753. The van der Waals surface area contributed by atoms with Gasteiger partial charge in [0.05, 0.1) is 0 Å². The molecule has 52 valence electrons. The summed E-state index contributed by atoms with van der Waals surface area (Å²) in [5, 5.41) is 0. The van der Waals surface area contributed by atoms with Crippen molar-refractivity contribution in [1.29, 1.82) is 0 Å². The Labute approximate surface area is 56.8 Å². The van der Waals surface area contributed by atoms with Crippen LogP contribution in [0.2, 0.25) is 0 Å². The second kappa shape index (κ2) is 1.73. The molecule has 0 aromatic carbocycles. The van der Waals surface area contributed by atoms with E-state index in [1.54, 1.807) is 0 Å². The minimum atomic E-state index is 0.179. The Morgan fingerprint density at radius 2 is 2.30 bits per heavy atom. The summed E-state index contributed by atoms with van der Waals surface area (Å²) in [6, 6.07) is 0. The van der Waals surface area contributed by atoms with Gasteiger partial charge in [-0.25, -0.2) is 4.98 Å². The van der Waals surface area contributed by atoms with Crippen LogP contribution in [0.1, 0.15) is 0 Å². The van der Waals surface area contributed by atoms with Gasteiger partial charge >= 0.3 is 0 Å². The van der Waals surface area contributed by atoms with Gasteiger partial charge in [-0.05, 0) is 0 Å². The largest absolute Gasteiger partial charge is 0.448 e. The Bertz CT molecular complexity index is 263. The molecule has 0 fully saturated rings. The quantitative estimate of drug-likeness (QED) is 0.538. The Balaban J connectivity index is 2.59. The van der Waals surface area contributed by atoms with Gasteiger partial charge in [0, 0.05) is 0 Å². The van der Waals surface area contributed by atoms with Crippen LogP contribution in [0.5, 0.6) is 11.6 Å². The zero-order chi connectivity index (χ0) is 6.97. The predicted molar refractivity (Wildman–Crippen MR) is 32.6 cm³/mol. The average molecular weight is 139 g/mol. The molecule has 1 aliphatic rings. The number of rotatable bonds is 0. The first-order chi connectivity index (χ1) is 4.88. The van der Waals surface area contributed by atoms with Crippen LogP contribution in [0, 0.1) is 0 Å². The van der Waals surface area contributed by atoms with E-state index < -0.39 is 0 Å². The molecule has 0 amide bonds. The summed E-state index contributed by atoms with van der Waals surface area (Å²) in [5.74, 6) is 1.19. The van der Waals surface area contributed by atoms with Crippen molar-refractivity contribution in [3.63, 3.8) is 0 Å². The van der Waals surface area contributed by atoms with Gasteiger partial charge in [-0.3, -0.25) is 0 Å². The SMILES string of the molecule is Nc1ncnc2c1OCO2. The van der Waals surface area contributed by atoms with Crippen LogP contribution in [-0.4, -0.2) is 16.8 Å². The highest BCUT2D eigenvalue weighted by Crippen LogP contribution is 2.32.